The van der Waals surface area contributed by atoms with E-state index >= 15 is 0 Å². The Kier molecular flexibility index (Phi) is 6.53. The number of carboxylic acid groups (broad SMARTS) is 1. The molecule has 0 amide bonds. The maximum Gasteiger partial charge on any atom is 0.303 e. The highest BCUT2D eigenvalue weighted by atomic mass is 32.2. The summed E-state index contributed by atoms with van der Waals surface area (Å²) in [5, 5.41) is 9.04. The number of hydrogen-bond donors (Lipinski definition) is 1. The van der Waals surface area contributed by atoms with Gasteiger partial charge in [0.05, 0.1) is 18.6 Å². The minimum Gasteiger partial charge on any atom is -0.493 e. The Balaban J connectivity index is 1.50. The standard InChI is InChI=1S/C24H26N2O6S/c1-16-21(25-24(32-16)18-6-4-3-5-7-18)12-13-31-22-10-8-17(9-11-23(27)28)19-14-26(15-20(19)22)33(2,29)30/h3-8,10H,9,11-15H2,1-2H3,(H,27,28). The van der Waals surface area contributed by atoms with Crippen LogP contribution in [0.3, 0.4) is 0 Å². The van der Waals surface area contributed by atoms with E-state index in [1.54, 1.807) is 6.07 Å². The van der Waals surface area contributed by atoms with Gasteiger partial charge in [-0.15, -0.1) is 0 Å². The van der Waals surface area contributed by atoms with E-state index in [0.29, 0.717) is 31.1 Å². The molecule has 0 spiro atoms. The van der Waals surface area contributed by atoms with Crippen LogP contribution in [0.2, 0.25) is 0 Å². The summed E-state index contributed by atoms with van der Waals surface area (Å²) in [6.45, 7) is 2.66. The smallest absolute Gasteiger partial charge is 0.303 e. The van der Waals surface area contributed by atoms with E-state index in [0.717, 1.165) is 33.7 Å². The summed E-state index contributed by atoms with van der Waals surface area (Å²) in [5.41, 5.74) is 4.18. The van der Waals surface area contributed by atoms with E-state index in [9.17, 15) is 13.2 Å². The maximum absolute atomic E-state index is 12.1. The van der Waals surface area contributed by atoms with Crippen LogP contribution in [0.5, 0.6) is 5.75 Å². The topological polar surface area (TPSA) is 110 Å². The Morgan fingerprint density at radius 1 is 1.12 bits per heavy atom. The van der Waals surface area contributed by atoms with Crippen molar-refractivity contribution in [3.05, 3.63) is 70.6 Å². The maximum atomic E-state index is 12.1. The molecule has 2 aromatic carbocycles. The van der Waals surface area contributed by atoms with Crippen LogP contribution in [0.25, 0.3) is 11.5 Å². The molecule has 1 aliphatic heterocycles. The number of benzene rings is 2. The molecule has 0 bridgehead atoms. The van der Waals surface area contributed by atoms with Crippen LogP contribution in [0.15, 0.2) is 46.9 Å². The lowest BCUT2D eigenvalue weighted by molar-refractivity contribution is -0.136. The zero-order valence-electron chi connectivity index (χ0n) is 18.6. The molecule has 0 fully saturated rings. The van der Waals surface area contributed by atoms with Crippen molar-refractivity contribution in [3.63, 3.8) is 0 Å². The number of carboxylic acids is 1. The highest BCUT2D eigenvalue weighted by molar-refractivity contribution is 7.88. The molecule has 0 radical (unpaired) electrons. The lowest BCUT2D eigenvalue weighted by Gasteiger charge is -2.13. The Hall–Kier alpha value is -3.17. The summed E-state index contributed by atoms with van der Waals surface area (Å²) in [6, 6.07) is 13.3. The fourth-order valence-electron chi connectivity index (χ4n) is 3.97. The molecule has 0 unspecified atom stereocenters. The van der Waals surface area contributed by atoms with E-state index in [2.05, 4.69) is 4.98 Å². The van der Waals surface area contributed by atoms with Gasteiger partial charge in [0.15, 0.2) is 0 Å². The first-order valence-corrected chi connectivity index (χ1v) is 12.5. The zero-order valence-corrected chi connectivity index (χ0v) is 19.4. The average molecular weight is 471 g/mol. The quantitative estimate of drug-likeness (QED) is 0.509. The number of aryl methyl sites for hydroxylation is 2. The molecular formula is C24H26N2O6S. The molecule has 0 saturated carbocycles. The summed E-state index contributed by atoms with van der Waals surface area (Å²) in [6.07, 6.45) is 2.04. The Bertz CT molecular complexity index is 1270. The van der Waals surface area contributed by atoms with Crippen LogP contribution in [-0.2, 0) is 40.7 Å². The molecule has 3 aromatic rings. The van der Waals surface area contributed by atoms with Crippen molar-refractivity contribution < 1.29 is 27.5 Å². The zero-order chi connectivity index (χ0) is 23.6. The van der Waals surface area contributed by atoms with Gasteiger partial charge in [0.25, 0.3) is 0 Å². The summed E-state index contributed by atoms with van der Waals surface area (Å²) in [4.78, 5) is 15.6. The molecule has 33 heavy (non-hydrogen) atoms. The van der Waals surface area contributed by atoms with Gasteiger partial charge < -0.3 is 14.3 Å². The Labute approximate surface area is 192 Å². The molecule has 1 aromatic heterocycles. The van der Waals surface area contributed by atoms with Crippen molar-refractivity contribution in [3.8, 4) is 17.2 Å². The fourth-order valence-corrected chi connectivity index (χ4v) is 4.69. The van der Waals surface area contributed by atoms with E-state index in [1.165, 1.54) is 10.6 Å². The summed E-state index contributed by atoms with van der Waals surface area (Å²) in [5.74, 6) is 1.02. The van der Waals surface area contributed by atoms with Crippen molar-refractivity contribution in [2.75, 3.05) is 12.9 Å². The molecule has 2 heterocycles. The van der Waals surface area contributed by atoms with E-state index in [1.807, 2.05) is 43.3 Å². The van der Waals surface area contributed by atoms with Crippen LogP contribution >= 0.6 is 0 Å². The third-order valence-electron chi connectivity index (χ3n) is 5.74. The molecule has 174 valence electrons. The lowest BCUT2D eigenvalue weighted by atomic mass is 9.99. The summed E-state index contributed by atoms with van der Waals surface area (Å²) >= 11 is 0. The predicted molar refractivity (Wildman–Crippen MR) is 122 cm³/mol. The second-order valence-corrected chi connectivity index (χ2v) is 10.1. The number of nitrogens with zero attached hydrogens (tertiary/aromatic N) is 2. The monoisotopic (exact) mass is 470 g/mol. The van der Waals surface area contributed by atoms with Gasteiger partial charge in [-0.3, -0.25) is 4.79 Å². The van der Waals surface area contributed by atoms with Crippen LogP contribution in [0.4, 0.5) is 0 Å². The van der Waals surface area contributed by atoms with Gasteiger partial charge in [0.2, 0.25) is 15.9 Å². The van der Waals surface area contributed by atoms with Gasteiger partial charge in [-0.2, -0.15) is 4.31 Å². The van der Waals surface area contributed by atoms with Crippen molar-refractivity contribution >= 4 is 16.0 Å². The van der Waals surface area contributed by atoms with Crippen molar-refractivity contribution in [1.29, 1.82) is 0 Å². The van der Waals surface area contributed by atoms with Crippen molar-refractivity contribution in [1.82, 2.24) is 9.29 Å². The van der Waals surface area contributed by atoms with Gasteiger partial charge in [-0.25, -0.2) is 13.4 Å². The molecule has 8 nitrogen and oxygen atoms in total. The molecule has 0 aliphatic carbocycles. The van der Waals surface area contributed by atoms with Gasteiger partial charge in [0.1, 0.15) is 11.5 Å². The van der Waals surface area contributed by atoms with E-state index < -0.39 is 16.0 Å². The third kappa shape index (κ3) is 5.26. The number of carbonyl (C=O) groups is 1. The largest absolute Gasteiger partial charge is 0.493 e. The van der Waals surface area contributed by atoms with Crippen LogP contribution in [-0.4, -0.2) is 41.6 Å². The number of sulfonamides is 1. The van der Waals surface area contributed by atoms with Gasteiger partial charge in [-0.1, -0.05) is 24.3 Å². The molecular weight excluding hydrogens is 444 g/mol. The number of oxazole rings is 1. The summed E-state index contributed by atoms with van der Waals surface area (Å²) < 4.78 is 37.5. The number of hydrogen-bond acceptors (Lipinski definition) is 6. The molecule has 4 rings (SSSR count). The second kappa shape index (κ2) is 9.36. The second-order valence-electron chi connectivity index (χ2n) is 8.09. The highest BCUT2D eigenvalue weighted by Gasteiger charge is 2.30. The van der Waals surface area contributed by atoms with Gasteiger partial charge in [0, 0.05) is 37.1 Å². The number of fused-ring (bicyclic) bond motifs is 1. The molecule has 0 atom stereocenters. The lowest BCUT2D eigenvalue weighted by Crippen LogP contribution is -2.24. The van der Waals surface area contributed by atoms with E-state index in [-0.39, 0.29) is 19.5 Å². The third-order valence-corrected chi connectivity index (χ3v) is 6.94. The van der Waals surface area contributed by atoms with Crippen LogP contribution in [0.1, 0.15) is 34.6 Å². The molecule has 0 saturated heterocycles. The molecule has 1 N–H and O–H groups in total. The Morgan fingerprint density at radius 3 is 2.55 bits per heavy atom. The predicted octanol–water partition coefficient (Wildman–Crippen LogP) is 3.56. The van der Waals surface area contributed by atoms with Crippen molar-refractivity contribution in [2.24, 2.45) is 0 Å². The normalized spacial score (nSPS) is 13.8. The number of ether oxygens (including phenoxy) is 1. The minimum atomic E-state index is -3.39. The minimum absolute atomic E-state index is 0.0132. The SMILES string of the molecule is Cc1oc(-c2ccccc2)nc1CCOc1ccc(CCC(=O)O)c2c1CN(S(C)(=O)=O)C2. The van der Waals surface area contributed by atoms with Gasteiger partial charge >= 0.3 is 5.97 Å². The number of aliphatic carboxylic acids is 1. The first-order valence-electron chi connectivity index (χ1n) is 10.7. The Morgan fingerprint density at radius 2 is 1.85 bits per heavy atom. The summed E-state index contributed by atoms with van der Waals surface area (Å²) in [7, 11) is -3.39. The van der Waals surface area contributed by atoms with Gasteiger partial charge in [-0.05, 0) is 42.7 Å². The van der Waals surface area contributed by atoms with Crippen LogP contribution in [0, 0.1) is 6.92 Å². The number of aromatic nitrogens is 1. The number of rotatable bonds is 9. The van der Waals surface area contributed by atoms with E-state index in [4.69, 9.17) is 14.3 Å². The molecule has 9 heteroatoms. The fraction of sp³-hybridized carbons (Fsp3) is 0.333. The average Bonchev–Trinajstić information content (AvgIpc) is 3.38. The first-order chi connectivity index (χ1) is 15.7. The highest BCUT2D eigenvalue weighted by Crippen LogP contribution is 2.35. The first kappa shape index (κ1) is 23.0. The molecule has 1 aliphatic rings. The van der Waals surface area contributed by atoms with Crippen molar-refractivity contribution in [2.45, 2.75) is 39.3 Å². The van der Waals surface area contributed by atoms with Crippen LogP contribution < -0.4 is 4.74 Å².